The van der Waals surface area contributed by atoms with Crippen molar-refractivity contribution in [2.75, 3.05) is 11.5 Å². The van der Waals surface area contributed by atoms with Crippen molar-refractivity contribution < 1.29 is 15.0 Å². The van der Waals surface area contributed by atoms with Gasteiger partial charge in [0, 0.05) is 10.6 Å². The Labute approximate surface area is 121 Å². The van der Waals surface area contributed by atoms with E-state index in [1.807, 2.05) is 24.3 Å². The zero-order valence-electron chi connectivity index (χ0n) is 10.8. The minimum absolute atomic E-state index is 0.189. The third kappa shape index (κ3) is 4.16. The fourth-order valence-corrected chi connectivity index (χ4v) is 4.14. The summed E-state index contributed by atoms with van der Waals surface area (Å²) in [6.07, 6.45) is 0.708. The van der Waals surface area contributed by atoms with Crippen molar-refractivity contribution >= 4 is 29.5 Å². The first-order valence-electron chi connectivity index (χ1n) is 6.30. The Morgan fingerprint density at radius 2 is 2.11 bits per heavy atom. The van der Waals surface area contributed by atoms with Gasteiger partial charge in [0.15, 0.2) is 0 Å². The minimum Gasteiger partial charge on any atom is -0.480 e. The smallest absolute Gasteiger partial charge is 0.316 e. The summed E-state index contributed by atoms with van der Waals surface area (Å²) in [5.74, 6) is 1.42. The molecular formula is C14H18O3S2. The number of aliphatic carboxylic acids is 1. The Hall–Kier alpha value is -0.650. The summed E-state index contributed by atoms with van der Waals surface area (Å²) in [5, 5.41) is 18.2. The molecule has 0 saturated carbocycles. The molecule has 1 aromatic carbocycles. The number of benzene rings is 1. The normalized spacial score (nSPS) is 24.3. The number of carboxylic acid groups (broad SMARTS) is 1. The summed E-state index contributed by atoms with van der Waals surface area (Å²) in [6, 6.07) is 8.00. The summed E-state index contributed by atoms with van der Waals surface area (Å²) >= 11 is 3.16. The summed E-state index contributed by atoms with van der Waals surface area (Å²) in [7, 11) is 0. The molecule has 2 N–H and O–H groups in total. The number of rotatable bonds is 5. The molecule has 2 rings (SSSR count). The van der Waals surface area contributed by atoms with Crippen LogP contribution in [0.25, 0.3) is 0 Å². The van der Waals surface area contributed by atoms with Crippen molar-refractivity contribution in [1.82, 2.24) is 0 Å². The second kappa shape index (κ2) is 6.68. The van der Waals surface area contributed by atoms with Gasteiger partial charge in [-0.25, -0.2) is 0 Å². The molecule has 3 nitrogen and oxygen atoms in total. The van der Waals surface area contributed by atoms with E-state index in [0.29, 0.717) is 5.92 Å². The van der Waals surface area contributed by atoms with Crippen LogP contribution in [0, 0.1) is 5.92 Å². The molecule has 0 amide bonds. The van der Waals surface area contributed by atoms with Crippen molar-refractivity contribution in [3.05, 3.63) is 29.8 Å². The molecule has 1 heterocycles. The Morgan fingerprint density at radius 3 is 2.63 bits per heavy atom. The van der Waals surface area contributed by atoms with Crippen LogP contribution in [0.15, 0.2) is 29.2 Å². The number of hydrogen-bond donors (Lipinski definition) is 2. The third-order valence-electron chi connectivity index (χ3n) is 3.25. The van der Waals surface area contributed by atoms with Crippen molar-refractivity contribution in [2.45, 2.75) is 29.6 Å². The molecule has 1 aliphatic heterocycles. The first kappa shape index (κ1) is 14.8. The SMILES string of the molecule is CC(Sc1ccc(CC2CSCC2O)cc1)C(=O)O. The van der Waals surface area contributed by atoms with Crippen LogP contribution in [-0.4, -0.2) is 39.0 Å². The highest BCUT2D eigenvalue weighted by Gasteiger charge is 2.25. The van der Waals surface area contributed by atoms with Crippen LogP contribution in [0.2, 0.25) is 0 Å². The number of hydrogen-bond acceptors (Lipinski definition) is 4. The van der Waals surface area contributed by atoms with Crippen LogP contribution in [0.3, 0.4) is 0 Å². The van der Waals surface area contributed by atoms with E-state index < -0.39 is 11.2 Å². The molecule has 0 aromatic heterocycles. The van der Waals surface area contributed by atoms with Gasteiger partial charge in [-0.05, 0) is 42.7 Å². The van der Waals surface area contributed by atoms with Gasteiger partial charge in [-0.15, -0.1) is 11.8 Å². The molecule has 5 heteroatoms. The lowest BCUT2D eigenvalue weighted by Gasteiger charge is -2.13. The predicted octanol–water partition coefficient (Wildman–Crippen LogP) is 2.52. The second-order valence-corrected chi connectivity index (χ2v) is 7.30. The van der Waals surface area contributed by atoms with Gasteiger partial charge >= 0.3 is 5.97 Å². The average molecular weight is 298 g/mol. The van der Waals surface area contributed by atoms with Crippen molar-refractivity contribution in [3.8, 4) is 0 Å². The van der Waals surface area contributed by atoms with Crippen molar-refractivity contribution in [3.63, 3.8) is 0 Å². The van der Waals surface area contributed by atoms with E-state index >= 15 is 0 Å². The van der Waals surface area contributed by atoms with E-state index in [1.54, 1.807) is 18.7 Å². The standard InChI is InChI=1S/C14H18O3S2/c1-9(14(16)17)19-12-4-2-10(3-5-12)6-11-7-18-8-13(11)15/h2-5,9,11,13,15H,6-8H2,1H3,(H,16,17). The van der Waals surface area contributed by atoms with Gasteiger partial charge in [-0.3, -0.25) is 4.79 Å². The highest BCUT2D eigenvalue weighted by atomic mass is 32.2. The number of thioether (sulfide) groups is 2. The number of carbonyl (C=O) groups is 1. The fraction of sp³-hybridized carbons (Fsp3) is 0.500. The summed E-state index contributed by atoms with van der Waals surface area (Å²) in [4.78, 5) is 11.8. The van der Waals surface area contributed by atoms with Crippen molar-refractivity contribution in [1.29, 1.82) is 0 Å². The molecule has 0 aliphatic carbocycles. The first-order valence-corrected chi connectivity index (χ1v) is 8.34. The van der Waals surface area contributed by atoms with E-state index in [1.165, 1.54) is 17.3 Å². The molecule has 3 unspecified atom stereocenters. The van der Waals surface area contributed by atoms with Crippen LogP contribution in [-0.2, 0) is 11.2 Å². The lowest BCUT2D eigenvalue weighted by molar-refractivity contribution is -0.136. The molecular weight excluding hydrogens is 280 g/mol. The molecule has 1 fully saturated rings. The Bertz CT molecular complexity index is 433. The zero-order valence-corrected chi connectivity index (χ0v) is 12.4. The maximum Gasteiger partial charge on any atom is 0.316 e. The van der Waals surface area contributed by atoms with E-state index in [-0.39, 0.29) is 6.10 Å². The van der Waals surface area contributed by atoms with E-state index in [2.05, 4.69) is 0 Å². The Morgan fingerprint density at radius 1 is 1.42 bits per heavy atom. The van der Waals surface area contributed by atoms with Crippen molar-refractivity contribution in [2.24, 2.45) is 5.92 Å². The van der Waals surface area contributed by atoms with Gasteiger partial charge in [-0.1, -0.05) is 12.1 Å². The average Bonchev–Trinajstić information content (AvgIpc) is 2.77. The number of carboxylic acids is 1. The molecule has 3 atom stereocenters. The zero-order chi connectivity index (χ0) is 13.8. The highest BCUT2D eigenvalue weighted by Crippen LogP contribution is 2.28. The maximum atomic E-state index is 10.8. The molecule has 19 heavy (non-hydrogen) atoms. The Kier molecular flexibility index (Phi) is 5.19. The van der Waals surface area contributed by atoms with Gasteiger partial charge in [0.1, 0.15) is 5.25 Å². The van der Waals surface area contributed by atoms with Gasteiger partial charge in [0.05, 0.1) is 6.10 Å². The highest BCUT2D eigenvalue weighted by molar-refractivity contribution is 8.00. The molecule has 104 valence electrons. The van der Waals surface area contributed by atoms with E-state index in [0.717, 1.165) is 22.8 Å². The topological polar surface area (TPSA) is 57.5 Å². The summed E-state index contributed by atoms with van der Waals surface area (Å²) in [6.45, 7) is 1.69. The number of aliphatic hydroxyl groups is 1. The predicted molar refractivity (Wildman–Crippen MR) is 79.9 cm³/mol. The largest absolute Gasteiger partial charge is 0.480 e. The van der Waals surface area contributed by atoms with Crippen LogP contribution in [0.5, 0.6) is 0 Å². The van der Waals surface area contributed by atoms with Crippen LogP contribution in [0.4, 0.5) is 0 Å². The van der Waals surface area contributed by atoms with E-state index in [9.17, 15) is 9.90 Å². The Balaban J connectivity index is 1.92. The number of aliphatic hydroxyl groups excluding tert-OH is 1. The van der Waals surface area contributed by atoms with Crippen LogP contribution < -0.4 is 0 Å². The van der Waals surface area contributed by atoms with Crippen LogP contribution in [0.1, 0.15) is 12.5 Å². The minimum atomic E-state index is -0.792. The monoisotopic (exact) mass is 298 g/mol. The quantitative estimate of drug-likeness (QED) is 0.818. The molecule has 1 saturated heterocycles. The van der Waals surface area contributed by atoms with Gasteiger partial charge < -0.3 is 10.2 Å². The summed E-state index contributed by atoms with van der Waals surface area (Å²) < 4.78 is 0. The molecule has 1 aromatic rings. The first-order chi connectivity index (χ1) is 9.06. The molecule has 0 spiro atoms. The molecule has 0 radical (unpaired) electrons. The van der Waals surface area contributed by atoms with Gasteiger partial charge in [0.2, 0.25) is 0 Å². The van der Waals surface area contributed by atoms with Gasteiger partial charge in [0.25, 0.3) is 0 Å². The fourth-order valence-electron chi connectivity index (χ4n) is 2.04. The second-order valence-electron chi connectivity index (χ2n) is 4.81. The lowest BCUT2D eigenvalue weighted by atomic mass is 9.97. The molecule has 1 aliphatic rings. The lowest BCUT2D eigenvalue weighted by Crippen LogP contribution is -2.19. The third-order valence-corrected chi connectivity index (χ3v) is 5.59. The van der Waals surface area contributed by atoms with E-state index in [4.69, 9.17) is 5.11 Å². The van der Waals surface area contributed by atoms with Crippen LogP contribution >= 0.6 is 23.5 Å². The molecule has 0 bridgehead atoms. The van der Waals surface area contributed by atoms with Gasteiger partial charge in [-0.2, -0.15) is 11.8 Å². The maximum absolute atomic E-state index is 10.8. The summed E-state index contributed by atoms with van der Waals surface area (Å²) in [5.41, 5.74) is 1.21.